The van der Waals surface area contributed by atoms with Gasteiger partial charge in [-0.15, -0.1) is 0 Å². The van der Waals surface area contributed by atoms with E-state index in [2.05, 4.69) is 4.72 Å². The molecule has 0 aliphatic carbocycles. The zero-order valence-corrected chi connectivity index (χ0v) is 12.0. The molecule has 7 heteroatoms. The molecule has 0 heterocycles. The van der Waals surface area contributed by atoms with Crippen molar-refractivity contribution in [1.82, 2.24) is 4.72 Å². The number of carbonyl (C=O) groups excluding carboxylic acids is 1. The van der Waals surface area contributed by atoms with Gasteiger partial charge in [-0.2, -0.15) is 4.72 Å². The third-order valence-electron chi connectivity index (χ3n) is 2.43. The summed E-state index contributed by atoms with van der Waals surface area (Å²) >= 11 is 0. The standard InChI is InChI=1S/C12H18N2O4S/c1-4-18-12(15)9(3)14-19(16,17)11-6-5-8(2)7-10(11)13/h5-7,9,14H,4,13H2,1-3H3. The number of nitrogens with two attached hydrogens (primary N) is 1. The average Bonchev–Trinajstić information content (AvgIpc) is 2.27. The van der Waals surface area contributed by atoms with Gasteiger partial charge in [0.1, 0.15) is 10.9 Å². The minimum Gasteiger partial charge on any atom is -0.465 e. The summed E-state index contributed by atoms with van der Waals surface area (Å²) in [6.45, 7) is 5.07. The summed E-state index contributed by atoms with van der Waals surface area (Å²) in [5, 5.41) is 0. The SMILES string of the molecule is CCOC(=O)C(C)NS(=O)(=O)c1ccc(C)cc1N. The molecule has 1 rings (SSSR count). The summed E-state index contributed by atoms with van der Waals surface area (Å²) in [6, 6.07) is 3.64. The van der Waals surface area contributed by atoms with Gasteiger partial charge in [-0.05, 0) is 38.5 Å². The molecule has 0 fully saturated rings. The van der Waals surface area contributed by atoms with Gasteiger partial charge in [0.2, 0.25) is 10.0 Å². The molecule has 0 aliphatic heterocycles. The Labute approximate surface area is 113 Å². The van der Waals surface area contributed by atoms with E-state index in [4.69, 9.17) is 10.5 Å². The van der Waals surface area contributed by atoms with Crippen LogP contribution >= 0.6 is 0 Å². The third-order valence-corrected chi connectivity index (χ3v) is 4.04. The highest BCUT2D eigenvalue weighted by Crippen LogP contribution is 2.19. The van der Waals surface area contributed by atoms with Gasteiger partial charge in [-0.1, -0.05) is 6.07 Å². The monoisotopic (exact) mass is 286 g/mol. The van der Waals surface area contributed by atoms with Gasteiger partial charge >= 0.3 is 5.97 Å². The number of nitrogen functional groups attached to an aromatic ring is 1. The summed E-state index contributed by atoms with van der Waals surface area (Å²) in [5.74, 6) is -0.628. The number of aryl methyl sites for hydroxylation is 1. The van der Waals surface area contributed by atoms with E-state index in [9.17, 15) is 13.2 Å². The Morgan fingerprint density at radius 3 is 2.63 bits per heavy atom. The molecular formula is C12H18N2O4S. The van der Waals surface area contributed by atoms with Crippen molar-refractivity contribution in [3.05, 3.63) is 23.8 Å². The van der Waals surface area contributed by atoms with Crippen LogP contribution in [0.4, 0.5) is 5.69 Å². The van der Waals surface area contributed by atoms with Crippen LogP contribution in [0.25, 0.3) is 0 Å². The number of esters is 1. The van der Waals surface area contributed by atoms with Crippen molar-refractivity contribution < 1.29 is 17.9 Å². The zero-order chi connectivity index (χ0) is 14.6. The first-order valence-electron chi connectivity index (χ1n) is 5.83. The predicted molar refractivity (Wildman–Crippen MR) is 72.0 cm³/mol. The van der Waals surface area contributed by atoms with Crippen LogP contribution < -0.4 is 10.5 Å². The van der Waals surface area contributed by atoms with Gasteiger partial charge in [-0.25, -0.2) is 8.42 Å². The smallest absolute Gasteiger partial charge is 0.323 e. The number of nitrogens with one attached hydrogen (secondary N) is 1. The van der Waals surface area contributed by atoms with Crippen molar-refractivity contribution >= 4 is 21.7 Å². The Balaban J connectivity index is 2.95. The first-order valence-corrected chi connectivity index (χ1v) is 7.31. The zero-order valence-electron chi connectivity index (χ0n) is 11.1. The van der Waals surface area contributed by atoms with Crippen LogP contribution in [0.1, 0.15) is 19.4 Å². The van der Waals surface area contributed by atoms with Crippen molar-refractivity contribution in [3.8, 4) is 0 Å². The molecule has 106 valence electrons. The lowest BCUT2D eigenvalue weighted by Crippen LogP contribution is -2.39. The van der Waals surface area contributed by atoms with Crippen LogP contribution in [0.5, 0.6) is 0 Å². The van der Waals surface area contributed by atoms with Crippen LogP contribution in [-0.2, 0) is 19.6 Å². The van der Waals surface area contributed by atoms with E-state index >= 15 is 0 Å². The van der Waals surface area contributed by atoms with Crippen molar-refractivity contribution in [2.45, 2.75) is 31.7 Å². The Morgan fingerprint density at radius 2 is 2.11 bits per heavy atom. The topological polar surface area (TPSA) is 98.5 Å². The minimum absolute atomic E-state index is 0.0470. The number of hydrogen-bond acceptors (Lipinski definition) is 5. The second-order valence-corrected chi connectivity index (χ2v) is 5.82. The Bertz CT molecular complexity index is 569. The summed E-state index contributed by atoms with van der Waals surface area (Å²) < 4.78 is 31.1. The highest BCUT2D eigenvalue weighted by atomic mass is 32.2. The molecule has 1 aromatic rings. The Kier molecular flexibility index (Phi) is 4.90. The van der Waals surface area contributed by atoms with Gasteiger partial charge in [0.05, 0.1) is 12.3 Å². The molecule has 0 aromatic heterocycles. The molecular weight excluding hydrogens is 268 g/mol. The highest BCUT2D eigenvalue weighted by Gasteiger charge is 2.24. The van der Waals surface area contributed by atoms with E-state index in [1.807, 2.05) is 0 Å². The normalized spacial score (nSPS) is 13.0. The van der Waals surface area contributed by atoms with Crippen molar-refractivity contribution in [2.24, 2.45) is 0 Å². The van der Waals surface area contributed by atoms with E-state index in [1.165, 1.54) is 13.0 Å². The molecule has 0 spiro atoms. The van der Waals surface area contributed by atoms with Crippen LogP contribution in [0.15, 0.2) is 23.1 Å². The number of anilines is 1. The largest absolute Gasteiger partial charge is 0.465 e. The summed E-state index contributed by atoms with van der Waals surface area (Å²) in [4.78, 5) is 11.4. The molecule has 1 unspecified atom stereocenters. The van der Waals surface area contributed by atoms with Gasteiger partial charge in [-0.3, -0.25) is 4.79 Å². The number of carbonyl (C=O) groups is 1. The van der Waals surface area contributed by atoms with E-state index in [0.29, 0.717) is 0 Å². The maximum absolute atomic E-state index is 12.1. The van der Waals surface area contributed by atoms with Crippen LogP contribution in [-0.4, -0.2) is 27.0 Å². The lowest BCUT2D eigenvalue weighted by Gasteiger charge is -2.14. The van der Waals surface area contributed by atoms with Crippen molar-refractivity contribution in [2.75, 3.05) is 12.3 Å². The second-order valence-electron chi connectivity index (χ2n) is 4.14. The van der Waals surface area contributed by atoms with Crippen LogP contribution in [0.3, 0.4) is 0 Å². The molecule has 0 saturated heterocycles. The summed E-state index contributed by atoms with van der Waals surface area (Å²) in [5.41, 5.74) is 6.68. The molecule has 0 radical (unpaired) electrons. The van der Waals surface area contributed by atoms with Crippen molar-refractivity contribution in [3.63, 3.8) is 0 Å². The molecule has 6 nitrogen and oxygen atoms in total. The molecule has 0 aliphatic rings. The molecule has 0 bridgehead atoms. The van der Waals surface area contributed by atoms with Gasteiger partial charge in [0.25, 0.3) is 0 Å². The Morgan fingerprint density at radius 1 is 1.47 bits per heavy atom. The highest BCUT2D eigenvalue weighted by molar-refractivity contribution is 7.89. The molecule has 3 N–H and O–H groups in total. The summed E-state index contributed by atoms with van der Waals surface area (Å²) in [6.07, 6.45) is 0. The van der Waals surface area contributed by atoms with E-state index in [1.54, 1.807) is 26.0 Å². The second kappa shape index (κ2) is 6.03. The van der Waals surface area contributed by atoms with Crippen LogP contribution in [0, 0.1) is 6.92 Å². The fraction of sp³-hybridized carbons (Fsp3) is 0.417. The van der Waals surface area contributed by atoms with Gasteiger partial charge in [0, 0.05) is 0 Å². The molecule has 1 aromatic carbocycles. The van der Waals surface area contributed by atoms with Crippen molar-refractivity contribution in [1.29, 1.82) is 0 Å². The van der Waals surface area contributed by atoms with Gasteiger partial charge in [0.15, 0.2) is 0 Å². The maximum atomic E-state index is 12.1. The quantitative estimate of drug-likeness (QED) is 0.616. The van der Waals surface area contributed by atoms with Crippen LogP contribution in [0.2, 0.25) is 0 Å². The number of ether oxygens (including phenoxy) is 1. The van der Waals surface area contributed by atoms with Gasteiger partial charge < -0.3 is 10.5 Å². The number of rotatable bonds is 5. The first-order chi connectivity index (χ1) is 8.77. The average molecular weight is 286 g/mol. The molecule has 0 amide bonds. The molecule has 19 heavy (non-hydrogen) atoms. The molecule has 0 saturated carbocycles. The fourth-order valence-electron chi connectivity index (χ4n) is 1.52. The number of hydrogen-bond donors (Lipinski definition) is 2. The maximum Gasteiger partial charge on any atom is 0.323 e. The van der Waals surface area contributed by atoms with E-state index < -0.39 is 22.0 Å². The lowest BCUT2D eigenvalue weighted by molar-refractivity contribution is -0.144. The minimum atomic E-state index is -3.85. The van der Waals surface area contributed by atoms with E-state index in [-0.39, 0.29) is 17.2 Å². The number of sulfonamides is 1. The molecule has 1 atom stereocenters. The lowest BCUT2D eigenvalue weighted by atomic mass is 10.2. The Hall–Kier alpha value is -1.60. The first kappa shape index (κ1) is 15.5. The third kappa shape index (κ3) is 3.93. The fourth-order valence-corrected chi connectivity index (χ4v) is 2.83. The summed E-state index contributed by atoms with van der Waals surface area (Å²) in [7, 11) is -3.85. The van der Waals surface area contributed by atoms with E-state index in [0.717, 1.165) is 5.56 Å². The predicted octanol–water partition coefficient (Wildman–Crippen LogP) is 0.807. The number of benzene rings is 1.